The highest BCUT2D eigenvalue weighted by Crippen LogP contribution is 2.37. The molecule has 0 nitrogen and oxygen atoms in total. The molecule has 1 aromatic carbocycles. The quantitative estimate of drug-likeness (QED) is 0.699. The second kappa shape index (κ2) is 4.69. The Bertz CT molecular complexity index is 397. The highest BCUT2D eigenvalue weighted by molar-refractivity contribution is 5.43. The fourth-order valence-electron chi connectivity index (χ4n) is 2.25. The molecule has 2 rings (SSSR count). The van der Waals surface area contributed by atoms with Crippen LogP contribution in [0.1, 0.15) is 32.3 Å². The second-order valence-electron chi connectivity index (χ2n) is 4.46. The molecular weight excluding hydrogens is 192 g/mol. The maximum absolute atomic E-state index is 3.09. The molecule has 0 heterocycles. The van der Waals surface area contributed by atoms with Gasteiger partial charge in [0, 0.05) is 5.41 Å². The SMILES string of the molecule is CCC(C)(C1=CC[CH]C=C1)c1cc[c]cc1. The van der Waals surface area contributed by atoms with Crippen molar-refractivity contribution in [2.45, 2.75) is 32.1 Å². The van der Waals surface area contributed by atoms with Crippen LogP contribution in [0.3, 0.4) is 0 Å². The van der Waals surface area contributed by atoms with Crippen molar-refractivity contribution in [2.75, 3.05) is 0 Å². The van der Waals surface area contributed by atoms with E-state index in [1.807, 2.05) is 12.1 Å². The lowest BCUT2D eigenvalue weighted by Crippen LogP contribution is -2.23. The predicted molar refractivity (Wildman–Crippen MR) is 69.1 cm³/mol. The molecule has 82 valence electrons. The number of rotatable bonds is 3. The summed E-state index contributed by atoms with van der Waals surface area (Å²) in [5.74, 6) is 0. The molecule has 0 fully saturated rings. The van der Waals surface area contributed by atoms with Gasteiger partial charge in [-0.1, -0.05) is 56.3 Å². The van der Waals surface area contributed by atoms with Crippen LogP contribution in [0.15, 0.2) is 48.1 Å². The Morgan fingerprint density at radius 3 is 2.62 bits per heavy atom. The van der Waals surface area contributed by atoms with Crippen LogP contribution in [0.5, 0.6) is 0 Å². The van der Waals surface area contributed by atoms with E-state index >= 15 is 0 Å². The Balaban J connectivity index is 2.40. The summed E-state index contributed by atoms with van der Waals surface area (Å²) in [4.78, 5) is 0. The van der Waals surface area contributed by atoms with Crippen LogP contribution < -0.4 is 0 Å². The van der Waals surface area contributed by atoms with Gasteiger partial charge in [0.2, 0.25) is 0 Å². The van der Waals surface area contributed by atoms with Crippen molar-refractivity contribution in [1.82, 2.24) is 0 Å². The number of hydrogen-bond acceptors (Lipinski definition) is 0. The first kappa shape index (κ1) is 11.2. The summed E-state index contributed by atoms with van der Waals surface area (Å²) in [6.07, 6.45) is 11.1. The predicted octanol–water partition coefficient (Wildman–Crippen LogP) is 4.25. The lowest BCUT2D eigenvalue weighted by Gasteiger charge is -2.31. The molecule has 1 aliphatic rings. The average molecular weight is 210 g/mol. The first-order valence-electron chi connectivity index (χ1n) is 5.94. The van der Waals surface area contributed by atoms with Gasteiger partial charge in [0.05, 0.1) is 0 Å². The first-order chi connectivity index (χ1) is 7.77. The highest BCUT2D eigenvalue weighted by Gasteiger charge is 2.27. The molecule has 1 unspecified atom stereocenters. The van der Waals surface area contributed by atoms with Crippen molar-refractivity contribution in [3.8, 4) is 0 Å². The Labute approximate surface area is 98.7 Å². The van der Waals surface area contributed by atoms with Crippen LogP contribution in [0, 0.1) is 12.5 Å². The molecular formula is C16H18. The summed E-state index contributed by atoms with van der Waals surface area (Å²) < 4.78 is 0. The minimum atomic E-state index is 0.139. The van der Waals surface area contributed by atoms with Crippen LogP contribution in [-0.4, -0.2) is 0 Å². The van der Waals surface area contributed by atoms with Crippen LogP contribution in [0.4, 0.5) is 0 Å². The zero-order valence-corrected chi connectivity index (χ0v) is 10.0. The molecule has 0 saturated heterocycles. The lowest BCUT2D eigenvalue weighted by molar-refractivity contribution is 0.545. The first-order valence-corrected chi connectivity index (χ1v) is 5.94. The Morgan fingerprint density at radius 1 is 1.31 bits per heavy atom. The molecule has 0 aliphatic heterocycles. The molecule has 1 aromatic rings. The van der Waals surface area contributed by atoms with E-state index in [4.69, 9.17) is 0 Å². The van der Waals surface area contributed by atoms with Crippen LogP contribution in [0.2, 0.25) is 0 Å². The van der Waals surface area contributed by atoms with Gasteiger partial charge in [-0.2, -0.15) is 0 Å². The third-order valence-corrected chi connectivity index (χ3v) is 3.59. The minimum absolute atomic E-state index is 0.139. The maximum atomic E-state index is 3.09. The van der Waals surface area contributed by atoms with Crippen molar-refractivity contribution < 1.29 is 0 Å². The van der Waals surface area contributed by atoms with Crippen molar-refractivity contribution in [2.24, 2.45) is 0 Å². The van der Waals surface area contributed by atoms with Crippen molar-refractivity contribution in [1.29, 1.82) is 0 Å². The van der Waals surface area contributed by atoms with Crippen molar-refractivity contribution >= 4 is 0 Å². The number of allylic oxidation sites excluding steroid dienone is 4. The van der Waals surface area contributed by atoms with E-state index in [1.165, 1.54) is 11.1 Å². The summed E-state index contributed by atoms with van der Waals surface area (Å²) in [5.41, 5.74) is 2.95. The van der Waals surface area contributed by atoms with Gasteiger partial charge in [0.1, 0.15) is 0 Å². The van der Waals surface area contributed by atoms with Gasteiger partial charge >= 0.3 is 0 Å². The monoisotopic (exact) mass is 210 g/mol. The normalized spacial score (nSPS) is 19.0. The smallest absolute Gasteiger partial charge is 0.0168 e. The number of benzene rings is 1. The van der Waals surface area contributed by atoms with Crippen molar-refractivity contribution in [3.05, 3.63) is 66.1 Å². The molecule has 1 atom stereocenters. The molecule has 0 bridgehead atoms. The summed E-state index contributed by atoms with van der Waals surface area (Å²) in [7, 11) is 0. The Kier molecular flexibility index (Phi) is 3.28. The summed E-state index contributed by atoms with van der Waals surface area (Å²) in [6.45, 7) is 4.58. The fraction of sp³-hybridized carbons (Fsp3) is 0.312. The molecule has 0 amide bonds. The Morgan fingerprint density at radius 2 is 2.06 bits per heavy atom. The van der Waals surface area contributed by atoms with E-state index in [0.29, 0.717) is 0 Å². The van der Waals surface area contributed by atoms with Crippen LogP contribution in [0.25, 0.3) is 0 Å². The molecule has 0 heteroatoms. The minimum Gasteiger partial charge on any atom is -0.0802 e. The summed E-state index contributed by atoms with van der Waals surface area (Å²) >= 11 is 0. The highest BCUT2D eigenvalue weighted by atomic mass is 14.3. The van der Waals surface area contributed by atoms with Gasteiger partial charge in [-0.25, -0.2) is 0 Å². The summed E-state index contributed by atoms with van der Waals surface area (Å²) in [6, 6.07) is 11.4. The fourth-order valence-corrected chi connectivity index (χ4v) is 2.25. The van der Waals surface area contributed by atoms with E-state index < -0.39 is 0 Å². The molecule has 1 aliphatic carbocycles. The lowest BCUT2D eigenvalue weighted by atomic mass is 9.72. The standard InChI is InChI=1S/C16H18/c1-3-16(2,14-10-6-4-7-11-14)15-12-8-5-9-13-15/h4,6,8-13H,3,7H2,1-2H3. The summed E-state index contributed by atoms with van der Waals surface area (Å²) in [5, 5.41) is 0. The van der Waals surface area contributed by atoms with Gasteiger partial charge in [-0.15, -0.1) is 0 Å². The zero-order valence-electron chi connectivity index (χ0n) is 10.0. The molecule has 16 heavy (non-hydrogen) atoms. The zero-order chi connectivity index (χ0) is 11.4. The van der Waals surface area contributed by atoms with Gasteiger partial charge in [0.15, 0.2) is 0 Å². The van der Waals surface area contributed by atoms with Gasteiger partial charge in [0.25, 0.3) is 0 Å². The molecule has 0 N–H and O–H groups in total. The van der Waals surface area contributed by atoms with E-state index in [9.17, 15) is 0 Å². The van der Waals surface area contributed by atoms with Crippen LogP contribution >= 0.6 is 0 Å². The van der Waals surface area contributed by atoms with Crippen molar-refractivity contribution in [3.63, 3.8) is 0 Å². The van der Waals surface area contributed by atoms with E-state index in [2.05, 4.69) is 56.7 Å². The molecule has 0 saturated carbocycles. The van der Waals surface area contributed by atoms with E-state index in [1.54, 1.807) is 0 Å². The van der Waals surface area contributed by atoms with Gasteiger partial charge in [-0.05, 0) is 36.5 Å². The average Bonchev–Trinajstić information content (AvgIpc) is 2.40. The van der Waals surface area contributed by atoms with Gasteiger partial charge in [-0.3, -0.25) is 0 Å². The number of hydrogen-bond donors (Lipinski definition) is 0. The topological polar surface area (TPSA) is 0 Å². The Hall–Kier alpha value is -1.30. The third-order valence-electron chi connectivity index (χ3n) is 3.59. The van der Waals surface area contributed by atoms with Crippen LogP contribution in [-0.2, 0) is 5.41 Å². The molecule has 0 spiro atoms. The van der Waals surface area contributed by atoms with Gasteiger partial charge < -0.3 is 0 Å². The second-order valence-corrected chi connectivity index (χ2v) is 4.46. The van der Waals surface area contributed by atoms with E-state index in [0.717, 1.165) is 12.8 Å². The third kappa shape index (κ3) is 1.97. The molecule has 2 radical (unpaired) electrons. The molecule has 0 aromatic heterocycles. The largest absolute Gasteiger partial charge is 0.0802 e. The maximum Gasteiger partial charge on any atom is 0.0168 e. The van der Waals surface area contributed by atoms with E-state index in [-0.39, 0.29) is 5.41 Å².